The smallest absolute Gasteiger partial charge is 0.145 e. The van der Waals surface area contributed by atoms with Gasteiger partial charge in [0.15, 0.2) is 0 Å². The zero-order valence-electron chi connectivity index (χ0n) is 11.3. The van der Waals surface area contributed by atoms with E-state index in [9.17, 15) is 0 Å². The van der Waals surface area contributed by atoms with Gasteiger partial charge in [-0.05, 0) is 32.5 Å². The monoisotopic (exact) mass is 245 g/mol. The highest BCUT2D eigenvalue weighted by molar-refractivity contribution is 5.13. The lowest BCUT2D eigenvalue weighted by Crippen LogP contribution is -2.22. The molecule has 0 radical (unpaired) electrons. The molecule has 0 saturated carbocycles. The zero-order valence-corrected chi connectivity index (χ0v) is 11.3. The summed E-state index contributed by atoms with van der Waals surface area (Å²) >= 11 is 0. The van der Waals surface area contributed by atoms with Crippen molar-refractivity contribution in [1.29, 1.82) is 0 Å². The minimum absolute atomic E-state index is 0.111. The van der Waals surface area contributed by atoms with Gasteiger partial charge in [0.1, 0.15) is 5.82 Å². The zero-order chi connectivity index (χ0) is 13.1. The first-order valence-corrected chi connectivity index (χ1v) is 6.05. The highest BCUT2D eigenvalue weighted by atomic mass is 15.3. The van der Waals surface area contributed by atoms with Gasteiger partial charge in [0, 0.05) is 31.6 Å². The van der Waals surface area contributed by atoms with E-state index in [1.807, 2.05) is 45.0 Å². The molecule has 5 nitrogen and oxygen atoms in total. The van der Waals surface area contributed by atoms with Gasteiger partial charge in [-0.1, -0.05) is 0 Å². The summed E-state index contributed by atoms with van der Waals surface area (Å²) in [5.41, 5.74) is 3.29. The first kappa shape index (κ1) is 12.7. The standard InChI is InChI=1S/C13H19N5/c1-9-7-15-13(16-8-9)12(14-3)6-11-5-10(2)17-18(11)4/h5,7-8,12,14H,6H2,1-4H3. The number of likely N-dealkylation sites (N-methyl/N-ethyl adjacent to an activating group) is 1. The van der Waals surface area contributed by atoms with Crippen LogP contribution in [-0.2, 0) is 13.5 Å². The van der Waals surface area contributed by atoms with E-state index in [4.69, 9.17) is 0 Å². The van der Waals surface area contributed by atoms with Crippen LogP contribution < -0.4 is 5.32 Å². The first-order valence-electron chi connectivity index (χ1n) is 6.05. The van der Waals surface area contributed by atoms with Crippen molar-refractivity contribution in [2.45, 2.75) is 26.3 Å². The first-order chi connectivity index (χ1) is 8.60. The predicted molar refractivity (Wildman–Crippen MR) is 70.2 cm³/mol. The second-order valence-electron chi connectivity index (χ2n) is 4.56. The molecule has 0 aliphatic heterocycles. The second kappa shape index (κ2) is 5.27. The fourth-order valence-corrected chi connectivity index (χ4v) is 1.97. The number of aromatic nitrogens is 4. The maximum atomic E-state index is 4.38. The van der Waals surface area contributed by atoms with Gasteiger partial charge in [-0.25, -0.2) is 9.97 Å². The van der Waals surface area contributed by atoms with Crippen LogP contribution in [0, 0.1) is 13.8 Å². The van der Waals surface area contributed by atoms with Crippen LogP contribution in [0.25, 0.3) is 0 Å². The third-order valence-electron chi connectivity index (χ3n) is 2.97. The van der Waals surface area contributed by atoms with Gasteiger partial charge in [-0.2, -0.15) is 5.10 Å². The molecular formula is C13H19N5. The van der Waals surface area contributed by atoms with E-state index in [-0.39, 0.29) is 6.04 Å². The molecular weight excluding hydrogens is 226 g/mol. The SMILES string of the molecule is CNC(Cc1cc(C)nn1C)c1ncc(C)cn1. The average Bonchev–Trinajstić information content (AvgIpc) is 2.66. The minimum atomic E-state index is 0.111. The van der Waals surface area contributed by atoms with Gasteiger partial charge < -0.3 is 5.32 Å². The van der Waals surface area contributed by atoms with Gasteiger partial charge in [0.25, 0.3) is 0 Å². The summed E-state index contributed by atoms with van der Waals surface area (Å²) in [5, 5.41) is 7.61. The van der Waals surface area contributed by atoms with Crippen LogP contribution in [0.5, 0.6) is 0 Å². The number of aryl methyl sites for hydroxylation is 3. The van der Waals surface area contributed by atoms with Crippen LogP contribution in [0.15, 0.2) is 18.5 Å². The Morgan fingerprint density at radius 3 is 2.44 bits per heavy atom. The van der Waals surface area contributed by atoms with Gasteiger partial charge in [-0.3, -0.25) is 4.68 Å². The largest absolute Gasteiger partial charge is 0.310 e. The van der Waals surface area contributed by atoms with E-state index >= 15 is 0 Å². The molecule has 2 heterocycles. The molecule has 1 N–H and O–H groups in total. The molecule has 0 fully saturated rings. The Labute approximate surface area is 107 Å². The lowest BCUT2D eigenvalue weighted by atomic mass is 10.1. The third kappa shape index (κ3) is 2.73. The molecule has 2 rings (SSSR count). The van der Waals surface area contributed by atoms with E-state index < -0.39 is 0 Å². The molecule has 0 bridgehead atoms. The Kier molecular flexibility index (Phi) is 3.72. The second-order valence-corrected chi connectivity index (χ2v) is 4.56. The lowest BCUT2D eigenvalue weighted by Gasteiger charge is -2.14. The number of nitrogens with zero attached hydrogens (tertiary/aromatic N) is 4. The summed E-state index contributed by atoms with van der Waals surface area (Å²) in [6.45, 7) is 3.99. The maximum Gasteiger partial charge on any atom is 0.145 e. The number of hydrogen-bond donors (Lipinski definition) is 1. The molecule has 0 aromatic carbocycles. The van der Waals surface area contributed by atoms with E-state index in [1.54, 1.807) is 0 Å². The van der Waals surface area contributed by atoms with Crippen molar-refractivity contribution in [2.24, 2.45) is 7.05 Å². The Bertz CT molecular complexity index is 515. The molecule has 18 heavy (non-hydrogen) atoms. The fourth-order valence-electron chi connectivity index (χ4n) is 1.97. The third-order valence-corrected chi connectivity index (χ3v) is 2.97. The molecule has 2 aromatic heterocycles. The molecule has 1 atom stereocenters. The summed E-state index contributed by atoms with van der Waals surface area (Å²) < 4.78 is 1.91. The van der Waals surface area contributed by atoms with Crippen LogP contribution in [0.2, 0.25) is 0 Å². The lowest BCUT2D eigenvalue weighted by molar-refractivity contribution is 0.533. The van der Waals surface area contributed by atoms with E-state index in [0.29, 0.717) is 0 Å². The van der Waals surface area contributed by atoms with E-state index in [2.05, 4.69) is 26.4 Å². The van der Waals surface area contributed by atoms with Gasteiger partial charge in [0.2, 0.25) is 0 Å². The molecule has 0 spiro atoms. The average molecular weight is 245 g/mol. The molecule has 96 valence electrons. The fraction of sp³-hybridized carbons (Fsp3) is 0.462. The van der Waals surface area contributed by atoms with Crippen molar-refractivity contribution < 1.29 is 0 Å². The maximum absolute atomic E-state index is 4.38. The summed E-state index contributed by atoms with van der Waals surface area (Å²) in [5.74, 6) is 0.821. The van der Waals surface area contributed by atoms with Crippen LogP contribution >= 0.6 is 0 Å². The van der Waals surface area contributed by atoms with Crippen molar-refractivity contribution in [3.05, 3.63) is 41.2 Å². The summed E-state index contributed by atoms with van der Waals surface area (Å²) in [4.78, 5) is 8.76. The Hall–Kier alpha value is -1.75. The Balaban J connectivity index is 2.19. The summed E-state index contributed by atoms with van der Waals surface area (Å²) in [6, 6.07) is 2.21. The van der Waals surface area contributed by atoms with Crippen molar-refractivity contribution >= 4 is 0 Å². The normalized spacial score (nSPS) is 12.7. The molecule has 0 aliphatic carbocycles. The van der Waals surface area contributed by atoms with Gasteiger partial charge in [-0.15, -0.1) is 0 Å². The summed E-state index contributed by atoms with van der Waals surface area (Å²) in [7, 11) is 3.89. The van der Waals surface area contributed by atoms with Gasteiger partial charge >= 0.3 is 0 Å². The topological polar surface area (TPSA) is 55.6 Å². The van der Waals surface area contributed by atoms with E-state index in [0.717, 1.165) is 23.5 Å². The minimum Gasteiger partial charge on any atom is -0.310 e. The molecule has 0 saturated heterocycles. The Morgan fingerprint density at radius 2 is 1.94 bits per heavy atom. The predicted octanol–water partition coefficient (Wildman–Crippen LogP) is 1.33. The number of hydrogen-bond acceptors (Lipinski definition) is 4. The molecule has 2 aromatic rings. The van der Waals surface area contributed by atoms with Crippen molar-refractivity contribution in [1.82, 2.24) is 25.1 Å². The van der Waals surface area contributed by atoms with Gasteiger partial charge in [0.05, 0.1) is 11.7 Å². The van der Waals surface area contributed by atoms with E-state index in [1.165, 1.54) is 5.69 Å². The van der Waals surface area contributed by atoms with Crippen LogP contribution in [-0.4, -0.2) is 26.8 Å². The molecule has 1 unspecified atom stereocenters. The Morgan fingerprint density at radius 1 is 1.28 bits per heavy atom. The van der Waals surface area contributed by atoms with Crippen LogP contribution in [0.3, 0.4) is 0 Å². The van der Waals surface area contributed by atoms with Crippen molar-refractivity contribution in [3.8, 4) is 0 Å². The van der Waals surface area contributed by atoms with Crippen LogP contribution in [0.4, 0.5) is 0 Å². The van der Waals surface area contributed by atoms with Crippen molar-refractivity contribution in [3.63, 3.8) is 0 Å². The highest BCUT2D eigenvalue weighted by Crippen LogP contribution is 2.15. The number of nitrogens with one attached hydrogen (secondary N) is 1. The highest BCUT2D eigenvalue weighted by Gasteiger charge is 2.15. The molecule has 0 amide bonds. The quantitative estimate of drug-likeness (QED) is 0.883. The molecule has 0 aliphatic rings. The number of rotatable bonds is 4. The van der Waals surface area contributed by atoms with Crippen LogP contribution in [0.1, 0.15) is 28.8 Å². The summed E-state index contributed by atoms with van der Waals surface area (Å²) in [6.07, 6.45) is 4.53. The molecule has 5 heteroatoms. The van der Waals surface area contributed by atoms with Crippen molar-refractivity contribution in [2.75, 3.05) is 7.05 Å².